The van der Waals surface area contributed by atoms with Gasteiger partial charge in [0.25, 0.3) is 0 Å². The van der Waals surface area contributed by atoms with Crippen molar-refractivity contribution in [2.75, 3.05) is 13.1 Å². The van der Waals surface area contributed by atoms with Crippen LogP contribution in [0.5, 0.6) is 0 Å². The molecule has 13 heavy (non-hydrogen) atoms. The summed E-state index contributed by atoms with van der Waals surface area (Å²) in [7, 11) is 0. The molecule has 1 aliphatic rings. The second-order valence-corrected chi connectivity index (χ2v) is 3.99. The number of aliphatic hydroxyl groups is 1. The van der Waals surface area contributed by atoms with E-state index in [2.05, 4.69) is 24.5 Å². The highest BCUT2D eigenvalue weighted by Gasteiger charge is 2.27. The van der Waals surface area contributed by atoms with Crippen LogP contribution in [0.1, 0.15) is 20.3 Å². The Balaban J connectivity index is 2.24. The Morgan fingerprint density at radius 3 is 2.85 bits per heavy atom. The Morgan fingerprint density at radius 2 is 2.38 bits per heavy atom. The van der Waals surface area contributed by atoms with E-state index in [0.29, 0.717) is 25.4 Å². The van der Waals surface area contributed by atoms with Crippen molar-refractivity contribution >= 4 is 5.91 Å². The Kier molecular flexibility index (Phi) is 3.69. The molecule has 0 spiro atoms. The van der Waals surface area contributed by atoms with Gasteiger partial charge in [-0.3, -0.25) is 4.79 Å². The number of rotatable bonds is 3. The van der Waals surface area contributed by atoms with E-state index in [1.54, 1.807) is 0 Å². The Hall–Kier alpha value is -0.610. The molecule has 0 radical (unpaired) electrons. The van der Waals surface area contributed by atoms with Gasteiger partial charge in [0.05, 0.1) is 12.1 Å². The number of aliphatic hydroxyl groups excluding tert-OH is 1. The Bertz CT molecular complexity index is 182. The molecule has 2 atom stereocenters. The highest BCUT2D eigenvalue weighted by atomic mass is 16.3. The van der Waals surface area contributed by atoms with Crippen LogP contribution in [-0.4, -0.2) is 36.2 Å². The molecule has 3 N–H and O–H groups in total. The van der Waals surface area contributed by atoms with E-state index in [1.807, 2.05) is 0 Å². The molecule has 1 amide bonds. The van der Waals surface area contributed by atoms with Gasteiger partial charge in [0.15, 0.2) is 0 Å². The average molecular weight is 186 g/mol. The van der Waals surface area contributed by atoms with E-state index >= 15 is 0 Å². The van der Waals surface area contributed by atoms with Gasteiger partial charge >= 0.3 is 0 Å². The molecule has 4 heteroatoms. The molecule has 0 bridgehead atoms. The standard InChI is InChI=1S/C9H18N2O2/c1-6(2)4-11-9(13)8-3-7(12)5-10-8/h6-8,10,12H,3-5H2,1-2H3,(H,11,13). The zero-order chi connectivity index (χ0) is 9.84. The second kappa shape index (κ2) is 4.58. The molecule has 0 aliphatic carbocycles. The first-order valence-corrected chi connectivity index (χ1v) is 4.78. The third kappa shape index (κ3) is 3.32. The average Bonchev–Trinajstić information content (AvgIpc) is 2.47. The summed E-state index contributed by atoms with van der Waals surface area (Å²) in [5.74, 6) is 0.473. The number of hydrogen-bond donors (Lipinski definition) is 3. The highest BCUT2D eigenvalue weighted by molar-refractivity contribution is 5.82. The third-order valence-corrected chi connectivity index (χ3v) is 2.11. The molecule has 0 saturated carbocycles. The number of β-amino-alcohol motifs (C(OH)–C–C–N with tert-alkyl or cyclic N) is 1. The molecule has 0 aromatic heterocycles. The van der Waals surface area contributed by atoms with Crippen molar-refractivity contribution in [2.24, 2.45) is 5.92 Å². The zero-order valence-corrected chi connectivity index (χ0v) is 8.21. The lowest BCUT2D eigenvalue weighted by molar-refractivity contribution is -0.123. The van der Waals surface area contributed by atoms with Gasteiger partial charge in [-0.05, 0) is 12.3 Å². The summed E-state index contributed by atoms with van der Waals surface area (Å²) in [6, 6.07) is -0.200. The van der Waals surface area contributed by atoms with Crippen molar-refractivity contribution in [3.63, 3.8) is 0 Å². The first-order chi connectivity index (χ1) is 6.09. The van der Waals surface area contributed by atoms with E-state index in [9.17, 15) is 9.90 Å². The van der Waals surface area contributed by atoms with Gasteiger partial charge in [0.1, 0.15) is 0 Å². The predicted molar refractivity (Wildman–Crippen MR) is 50.3 cm³/mol. The van der Waals surface area contributed by atoms with E-state index in [-0.39, 0.29) is 18.1 Å². The topological polar surface area (TPSA) is 61.4 Å². The monoisotopic (exact) mass is 186 g/mol. The zero-order valence-electron chi connectivity index (χ0n) is 8.21. The van der Waals surface area contributed by atoms with Crippen LogP contribution in [0, 0.1) is 5.92 Å². The van der Waals surface area contributed by atoms with E-state index in [0.717, 1.165) is 0 Å². The molecule has 1 saturated heterocycles. The third-order valence-electron chi connectivity index (χ3n) is 2.11. The smallest absolute Gasteiger partial charge is 0.237 e. The van der Waals surface area contributed by atoms with Crippen LogP contribution >= 0.6 is 0 Å². The fourth-order valence-electron chi connectivity index (χ4n) is 1.34. The first kappa shape index (κ1) is 10.5. The second-order valence-electron chi connectivity index (χ2n) is 3.99. The maximum absolute atomic E-state index is 11.4. The fourth-order valence-corrected chi connectivity index (χ4v) is 1.34. The van der Waals surface area contributed by atoms with Gasteiger partial charge in [-0.2, -0.15) is 0 Å². The van der Waals surface area contributed by atoms with Crippen LogP contribution in [0.25, 0.3) is 0 Å². The van der Waals surface area contributed by atoms with Crippen LogP contribution in [0.15, 0.2) is 0 Å². The van der Waals surface area contributed by atoms with Gasteiger partial charge in [0.2, 0.25) is 5.91 Å². The van der Waals surface area contributed by atoms with E-state index in [4.69, 9.17) is 0 Å². The fraction of sp³-hybridized carbons (Fsp3) is 0.889. The van der Waals surface area contributed by atoms with Crippen LogP contribution in [0.3, 0.4) is 0 Å². The minimum atomic E-state index is -0.366. The number of amides is 1. The first-order valence-electron chi connectivity index (χ1n) is 4.78. The molecule has 1 aliphatic heterocycles. The molecular formula is C9H18N2O2. The SMILES string of the molecule is CC(C)CNC(=O)C1CC(O)CN1. The van der Waals surface area contributed by atoms with Crippen molar-refractivity contribution in [3.8, 4) is 0 Å². The lowest BCUT2D eigenvalue weighted by atomic mass is 10.1. The van der Waals surface area contributed by atoms with Crippen LogP contribution in [0.2, 0.25) is 0 Å². The van der Waals surface area contributed by atoms with Crippen molar-refractivity contribution in [1.82, 2.24) is 10.6 Å². The summed E-state index contributed by atoms with van der Waals surface area (Å²) in [6.45, 7) is 5.33. The summed E-state index contributed by atoms with van der Waals surface area (Å²) in [5.41, 5.74) is 0. The van der Waals surface area contributed by atoms with Gasteiger partial charge < -0.3 is 15.7 Å². The van der Waals surface area contributed by atoms with Crippen LogP contribution in [0.4, 0.5) is 0 Å². The molecule has 1 rings (SSSR count). The molecule has 1 heterocycles. The maximum Gasteiger partial charge on any atom is 0.237 e. The lowest BCUT2D eigenvalue weighted by Crippen LogP contribution is -2.41. The molecule has 4 nitrogen and oxygen atoms in total. The van der Waals surface area contributed by atoms with Crippen molar-refractivity contribution in [3.05, 3.63) is 0 Å². The minimum Gasteiger partial charge on any atom is -0.392 e. The molecular weight excluding hydrogens is 168 g/mol. The summed E-state index contributed by atoms with van der Waals surface area (Å²) in [4.78, 5) is 11.4. The van der Waals surface area contributed by atoms with Gasteiger partial charge in [-0.15, -0.1) is 0 Å². The highest BCUT2D eigenvalue weighted by Crippen LogP contribution is 2.05. The lowest BCUT2D eigenvalue weighted by Gasteiger charge is -2.12. The van der Waals surface area contributed by atoms with Crippen LogP contribution < -0.4 is 10.6 Å². The van der Waals surface area contributed by atoms with E-state index < -0.39 is 0 Å². The van der Waals surface area contributed by atoms with E-state index in [1.165, 1.54) is 0 Å². The van der Waals surface area contributed by atoms with Gasteiger partial charge in [0, 0.05) is 13.1 Å². The molecule has 0 aromatic rings. The summed E-state index contributed by atoms with van der Waals surface area (Å²) in [5, 5.41) is 15.0. The molecule has 2 unspecified atom stereocenters. The summed E-state index contributed by atoms with van der Waals surface area (Å²) < 4.78 is 0. The Labute approximate surface area is 78.7 Å². The number of carbonyl (C=O) groups is 1. The quantitative estimate of drug-likeness (QED) is 0.556. The normalized spacial score (nSPS) is 28.0. The summed E-state index contributed by atoms with van der Waals surface area (Å²) >= 11 is 0. The number of carbonyl (C=O) groups excluding carboxylic acids is 1. The van der Waals surface area contributed by atoms with Crippen molar-refractivity contribution in [1.29, 1.82) is 0 Å². The van der Waals surface area contributed by atoms with Crippen molar-refractivity contribution < 1.29 is 9.90 Å². The van der Waals surface area contributed by atoms with Crippen molar-refractivity contribution in [2.45, 2.75) is 32.4 Å². The van der Waals surface area contributed by atoms with Crippen LogP contribution in [-0.2, 0) is 4.79 Å². The van der Waals surface area contributed by atoms with Gasteiger partial charge in [-0.25, -0.2) is 0 Å². The predicted octanol–water partition coefficient (Wildman–Crippen LogP) is -0.519. The summed E-state index contributed by atoms with van der Waals surface area (Å²) in [6.07, 6.45) is 0.166. The number of nitrogens with one attached hydrogen (secondary N) is 2. The minimum absolute atomic E-state index is 0.00486. The molecule has 76 valence electrons. The molecule has 1 fully saturated rings. The number of hydrogen-bond acceptors (Lipinski definition) is 3. The Morgan fingerprint density at radius 1 is 1.69 bits per heavy atom. The maximum atomic E-state index is 11.4. The largest absolute Gasteiger partial charge is 0.392 e. The molecule has 0 aromatic carbocycles. The van der Waals surface area contributed by atoms with Gasteiger partial charge in [-0.1, -0.05) is 13.8 Å².